The highest BCUT2D eigenvalue weighted by atomic mass is 32.2. The minimum absolute atomic E-state index is 0.00886. The van der Waals surface area contributed by atoms with Gasteiger partial charge in [-0.1, -0.05) is 23.9 Å². The second-order valence-corrected chi connectivity index (χ2v) is 7.67. The Morgan fingerprint density at radius 1 is 1.20 bits per heavy atom. The molecule has 0 spiro atoms. The summed E-state index contributed by atoms with van der Waals surface area (Å²) in [4.78, 5) is 12.1. The van der Waals surface area contributed by atoms with Gasteiger partial charge >= 0.3 is 0 Å². The lowest BCUT2D eigenvalue weighted by atomic mass is 10.1. The fourth-order valence-electron chi connectivity index (χ4n) is 2.86. The van der Waals surface area contributed by atoms with E-state index in [-0.39, 0.29) is 11.7 Å². The number of rotatable bonds is 8. The van der Waals surface area contributed by atoms with Crippen LogP contribution in [0.4, 0.5) is 4.39 Å². The number of aromatic nitrogens is 3. The third-order valence-corrected chi connectivity index (χ3v) is 5.47. The number of amides is 1. The molecule has 25 heavy (non-hydrogen) atoms. The van der Waals surface area contributed by atoms with Crippen LogP contribution in [0.5, 0.6) is 0 Å². The Bertz CT molecular complexity index is 753. The predicted octanol–water partition coefficient (Wildman–Crippen LogP) is 3.08. The number of nitrogens with zero attached hydrogens (tertiary/aromatic N) is 3. The number of nitrogens with one attached hydrogen (secondary N) is 1. The summed E-state index contributed by atoms with van der Waals surface area (Å²) in [5.74, 6) is 1.78. The van der Waals surface area contributed by atoms with Crippen molar-refractivity contribution < 1.29 is 9.18 Å². The number of hydrogen-bond acceptors (Lipinski definition) is 4. The SMILES string of the molecule is O=C(CSc1nnc(C2CC2)n1C1CC1)NCCc1ccc(F)cc1. The quantitative estimate of drug-likeness (QED) is 0.735. The molecule has 0 aliphatic heterocycles. The van der Waals surface area contributed by atoms with Crippen molar-refractivity contribution in [3.05, 3.63) is 41.5 Å². The van der Waals surface area contributed by atoms with E-state index in [9.17, 15) is 9.18 Å². The molecule has 1 heterocycles. The van der Waals surface area contributed by atoms with Gasteiger partial charge in [0, 0.05) is 18.5 Å². The van der Waals surface area contributed by atoms with Gasteiger partial charge in [-0.05, 0) is 49.8 Å². The van der Waals surface area contributed by atoms with Crippen molar-refractivity contribution in [2.45, 2.75) is 49.2 Å². The number of thioether (sulfide) groups is 1. The summed E-state index contributed by atoms with van der Waals surface area (Å²) in [6.07, 6.45) is 5.49. The van der Waals surface area contributed by atoms with Crippen molar-refractivity contribution in [1.82, 2.24) is 20.1 Å². The van der Waals surface area contributed by atoms with Gasteiger partial charge in [-0.15, -0.1) is 10.2 Å². The molecule has 0 atom stereocenters. The van der Waals surface area contributed by atoms with Crippen molar-refractivity contribution in [2.75, 3.05) is 12.3 Å². The summed E-state index contributed by atoms with van der Waals surface area (Å²) in [5, 5.41) is 12.4. The van der Waals surface area contributed by atoms with E-state index in [0.717, 1.165) is 16.5 Å². The Morgan fingerprint density at radius 2 is 1.96 bits per heavy atom. The molecule has 1 N–H and O–H groups in total. The Labute approximate surface area is 150 Å². The van der Waals surface area contributed by atoms with Crippen LogP contribution >= 0.6 is 11.8 Å². The van der Waals surface area contributed by atoms with Crippen molar-refractivity contribution in [3.8, 4) is 0 Å². The minimum Gasteiger partial charge on any atom is -0.355 e. The van der Waals surface area contributed by atoms with Gasteiger partial charge in [0.05, 0.1) is 5.75 Å². The van der Waals surface area contributed by atoms with E-state index in [1.54, 1.807) is 12.1 Å². The van der Waals surface area contributed by atoms with E-state index >= 15 is 0 Å². The van der Waals surface area contributed by atoms with E-state index in [2.05, 4.69) is 20.1 Å². The van der Waals surface area contributed by atoms with Crippen molar-refractivity contribution in [3.63, 3.8) is 0 Å². The zero-order valence-electron chi connectivity index (χ0n) is 13.9. The lowest BCUT2D eigenvalue weighted by Gasteiger charge is -2.08. The van der Waals surface area contributed by atoms with Crippen molar-refractivity contribution in [1.29, 1.82) is 0 Å². The van der Waals surface area contributed by atoms with Crippen LogP contribution in [0.15, 0.2) is 29.4 Å². The fourth-order valence-corrected chi connectivity index (χ4v) is 3.70. The average Bonchev–Trinajstić information content (AvgIpc) is 3.53. The standard InChI is InChI=1S/C18H21FN4OS/c19-14-5-1-12(2-6-14)9-10-20-16(24)11-25-18-22-21-17(13-3-4-13)23(18)15-7-8-15/h1-2,5-6,13,15H,3-4,7-11H2,(H,20,24). The maximum absolute atomic E-state index is 12.9. The molecule has 1 amide bonds. The number of carbonyl (C=O) groups excluding carboxylic acids is 1. The summed E-state index contributed by atoms with van der Waals surface area (Å²) >= 11 is 1.47. The second kappa shape index (κ2) is 7.15. The van der Waals surface area contributed by atoms with E-state index in [1.165, 1.54) is 49.6 Å². The smallest absolute Gasteiger partial charge is 0.230 e. The molecule has 0 radical (unpaired) electrons. The van der Waals surface area contributed by atoms with Crippen LogP contribution in [0.25, 0.3) is 0 Å². The van der Waals surface area contributed by atoms with Crippen LogP contribution < -0.4 is 5.32 Å². The summed E-state index contributed by atoms with van der Waals surface area (Å²) in [6.45, 7) is 0.549. The second-order valence-electron chi connectivity index (χ2n) is 6.73. The first-order valence-electron chi connectivity index (χ1n) is 8.79. The molecule has 0 saturated heterocycles. The predicted molar refractivity (Wildman–Crippen MR) is 94.1 cm³/mol. The molecule has 0 bridgehead atoms. The highest BCUT2D eigenvalue weighted by Gasteiger charge is 2.36. The van der Waals surface area contributed by atoms with Gasteiger partial charge in [-0.2, -0.15) is 0 Å². The Hall–Kier alpha value is -1.89. The fraction of sp³-hybridized carbons (Fsp3) is 0.500. The third kappa shape index (κ3) is 4.21. The molecule has 132 valence electrons. The Morgan fingerprint density at radius 3 is 2.64 bits per heavy atom. The number of halogens is 1. The molecule has 2 saturated carbocycles. The van der Waals surface area contributed by atoms with Gasteiger partial charge < -0.3 is 9.88 Å². The molecule has 5 nitrogen and oxygen atoms in total. The van der Waals surface area contributed by atoms with Crippen LogP contribution in [-0.2, 0) is 11.2 Å². The molecule has 4 rings (SSSR count). The summed E-state index contributed by atoms with van der Waals surface area (Å²) in [7, 11) is 0. The van der Waals surface area contributed by atoms with Crippen LogP contribution in [0.1, 0.15) is 49.0 Å². The molecule has 2 aliphatic carbocycles. The summed E-state index contributed by atoms with van der Waals surface area (Å²) in [5.41, 5.74) is 1.01. The molecule has 0 unspecified atom stereocenters. The first-order chi connectivity index (χ1) is 12.2. The maximum atomic E-state index is 12.9. The average molecular weight is 360 g/mol. The van der Waals surface area contributed by atoms with Crippen molar-refractivity contribution in [2.24, 2.45) is 0 Å². The number of hydrogen-bond donors (Lipinski definition) is 1. The zero-order chi connectivity index (χ0) is 17.2. The van der Waals surface area contributed by atoms with Crippen LogP contribution in [0, 0.1) is 5.82 Å². The van der Waals surface area contributed by atoms with Crippen LogP contribution in [0.2, 0.25) is 0 Å². The normalized spacial score (nSPS) is 16.8. The van der Waals surface area contributed by atoms with Crippen molar-refractivity contribution >= 4 is 17.7 Å². The third-order valence-electron chi connectivity index (χ3n) is 4.53. The molecule has 2 fully saturated rings. The largest absolute Gasteiger partial charge is 0.355 e. The Balaban J connectivity index is 1.25. The summed E-state index contributed by atoms with van der Waals surface area (Å²) in [6, 6.07) is 6.90. The van der Waals surface area contributed by atoms with E-state index in [0.29, 0.717) is 30.7 Å². The zero-order valence-corrected chi connectivity index (χ0v) is 14.8. The Kier molecular flexibility index (Phi) is 4.74. The highest BCUT2D eigenvalue weighted by molar-refractivity contribution is 7.99. The molecule has 1 aromatic carbocycles. The number of benzene rings is 1. The van der Waals surface area contributed by atoms with E-state index < -0.39 is 0 Å². The molecule has 7 heteroatoms. The highest BCUT2D eigenvalue weighted by Crippen LogP contribution is 2.45. The van der Waals surface area contributed by atoms with Gasteiger partial charge in [0.2, 0.25) is 5.91 Å². The first kappa shape index (κ1) is 16.6. The van der Waals surface area contributed by atoms with Gasteiger partial charge in [0.15, 0.2) is 5.16 Å². The molecule has 2 aliphatic rings. The van der Waals surface area contributed by atoms with Gasteiger partial charge in [0.1, 0.15) is 11.6 Å². The topological polar surface area (TPSA) is 59.8 Å². The van der Waals surface area contributed by atoms with Crippen LogP contribution in [-0.4, -0.2) is 33.0 Å². The monoisotopic (exact) mass is 360 g/mol. The first-order valence-corrected chi connectivity index (χ1v) is 9.78. The molecular formula is C18H21FN4OS. The van der Waals surface area contributed by atoms with Gasteiger partial charge in [-0.3, -0.25) is 4.79 Å². The van der Waals surface area contributed by atoms with Gasteiger partial charge in [-0.25, -0.2) is 4.39 Å². The molecular weight excluding hydrogens is 339 g/mol. The number of carbonyl (C=O) groups is 1. The lowest BCUT2D eigenvalue weighted by molar-refractivity contribution is -0.118. The maximum Gasteiger partial charge on any atom is 0.230 e. The minimum atomic E-state index is -0.241. The molecule has 2 aromatic rings. The molecule has 1 aromatic heterocycles. The lowest BCUT2D eigenvalue weighted by Crippen LogP contribution is -2.27. The van der Waals surface area contributed by atoms with E-state index in [4.69, 9.17) is 0 Å². The summed E-state index contributed by atoms with van der Waals surface area (Å²) < 4.78 is 15.1. The van der Waals surface area contributed by atoms with Crippen LogP contribution in [0.3, 0.4) is 0 Å². The van der Waals surface area contributed by atoms with Gasteiger partial charge in [0.25, 0.3) is 0 Å². The van der Waals surface area contributed by atoms with E-state index in [1.807, 2.05) is 0 Å².